The first-order valence-corrected chi connectivity index (χ1v) is 7.25. The minimum absolute atomic E-state index is 0.00675. The maximum absolute atomic E-state index is 12.5. The number of benzene rings is 1. The Balaban J connectivity index is 1.81. The van der Waals surface area contributed by atoms with Crippen LogP contribution in [0, 0.1) is 0 Å². The molecule has 1 aromatic carbocycles. The van der Waals surface area contributed by atoms with Crippen LogP contribution in [0.2, 0.25) is 0 Å². The molecular formula is C17H18N2O3. The summed E-state index contributed by atoms with van der Waals surface area (Å²) in [5, 5.41) is 0. The highest BCUT2D eigenvalue weighted by atomic mass is 16.3. The SMILES string of the molecule is CC(=O)N1CCc2ccc(C(=O)N(C)Cc3ccco3)cc21. The quantitative estimate of drug-likeness (QED) is 0.874. The van der Waals surface area contributed by atoms with Gasteiger partial charge in [0, 0.05) is 31.8 Å². The summed E-state index contributed by atoms with van der Waals surface area (Å²) in [6, 6.07) is 9.21. The summed E-state index contributed by atoms with van der Waals surface area (Å²) in [5.74, 6) is 0.657. The van der Waals surface area contributed by atoms with Gasteiger partial charge in [0.05, 0.1) is 12.8 Å². The van der Waals surface area contributed by atoms with E-state index in [1.807, 2.05) is 24.3 Å². The average molecular weight is 298 g/mol. The molecule has 0 unspecified atom stereocenters. The van der Waals surface area contributed by atoms with Crippen molar-refractivity contribution in [2.24, 2.45) is 0 Å². The van der Waals surface area contributed by atoms with Gasteiger partial charge >= 0.3 is 0 Å². The molecule has 0 fully saturated rings. The lowest BCUT2D eigenvalue weighted by molar-refractivity contribution is -0.116. The van der Waals surface area contributed by atoms with Crippen LogP contribution in [0.3, 0.4) is 0 Å². The summed E-state index contributed by atoms with van der Waals surface area (Å²) in [5.41, 5.74) is 2.55. The Labute approximate surface area is 129 Å². The highest BCUT2D eigenvalue weighted by Crippen LogP contribution is 2.29. The van der Waals surface area contributed by atoms with Crippen LogP contribution in [0.25, 0.3) is 0 Å². The second-order valence-electron chi connectivity index (χ2n) is 5.50. The molecule has 0 N–H and O–H groups in total. The lowest BCUT2D eigenvalue weighted by Crippen LogP contribution is -2.27. The van der Waals surface area contributed by atoms with Crippen LogP contribution >= 0.6 is 0 Å². The van der Waals surface area contributed by atoms with Crippen LogP contribution in [0.4, 0.5) is 5.69 Å². The van der Waals surface area contributed by atoms with Gasteiger partial charge in [-0.1, -0.05) is 6.07 Å². The van der Waals surface area contributed by atoms with E-state index in [2.05, 4.69) is 0 Å². The zero-order valence-corrected chi connectivity index (χ0v) is 12.7. The van der Waals surface area contributed by atoms with E-state index in [0.29, 0.717) is 18.7 Å². The molecule has 0 spiro atoms. The fraction of sp³-hybridized carbons (Fsp3) is 0.294. The number of carbonyl (C=O) groups excluding carboxylic acids is 2. The molecule has 0 atom stereocenters. The Hall–Kier alpha value is -2.56. The average Bonchev–Trinajstić information content (AvgIpc) is 3.14. The van der Waals surface area contributed by atoms with Gasteiger partial charge in [-0.05, 0) is 36.2 Å². The van der Waals surface area contributed by atoms with Crippen molar-refractivity contribution in [3.63, 3.8) is 0 Å². The van der Waals surface area contributed by atoms with Crippen LogP contribution in [-0.4, -0.2) is 30.3 Å². The second-order valence-corrected chi connectivity index (χ2v) is 5.50. The van der Waals surface area contributed by atoms with Crippen molar-refractivity contribution >= 4 is 17.5 Å². The Morgan fingerprint density at radius 3 is 2.82 bits per heavy atom. The number of hydrogen-bond acceptors (Lipinski definition) is 3. The number of amides is 2. The van der Waals surface area contributed by atoms with Crippen molar-refractivity contribution in [3.05, 3.63) is 53.5 Å². The van der Waals surface area contributed by atoms with Crippen molar-refractivity contribution in [2.75, 3.05) is 18.5 Å². The van der Waals surface area contributed by atoms with Crippen LogP contribution in [0.1, 0.15) is 28.6 Å². The molecule has 22 heavy (non-hydrogen) atoms. The molecule has 5 heteroatoms. The normalized spacial score (nSPS) is 13.1. The molecule has 2 heterocycles. The molecule has 0 radical (unpaired) electrons. The third-order valence-electron chi connectivity index (χ3n) is 3.93. The molecule has 1 aromatic heterocycles. The van der Waals surface area contributed by atoms with E-state index in [-0.39, 0.29) is 11.8 Å². The first-order chi connectivity index (χ1) is 10.6. The molecule has 0 aliphatic carbocycles. The molecule has 3 rings (SSSR count). The van der Waals surface area contributed by atoms with Gasteiger partial charge in [0.1, 0.15) is 5.76 Å². The summed E-state index contributed by atoms with van der Waals surface area (Å²) < 4.78 is 5.27. The molecule has 1 aliphatic heterocycles. The van der Waals surface area contributed by atoms with Gasteiger partial charge in [-0.15, -0.1) is 0 Å². The number of hydrogen-bond donors (Lipinski definition) is 0. The summed E-state index contributed by atoms with van der Waals surface area (Å²) >= 11 is 0. The minimum Gasteiger partial charge on any atom is -0.467 e. The maximum atomic E-state index is 12.5. The smallest absolute Gasteiger partial charge is 0.254 e. The molecule has 0 saturated heterocycles. The van der Waals surface area contributed by atoms with E-state index >= 15 is 0 Å². The molecule has 114 valence electrons. The molecule has 0 saturated carbocycles. The van der Waals surface area contributed by atoms with E-state index in [4.69, 9.17) is 4.42 Å². The number of rotatable bonds is 3. The lowest BCUT2D eigenvalue weighted by Gasteiger charge is -2.18. The van der Waals surface area contributed by atoms with Crippen LogP contribution < -0.4 is 4.90 Å². The van der Waals surface area contributed by atoms with Crippen molar-refractivity contribution in [1.29, 1.82) is 0 Å². The van der Waals surface area contributed by atoms with Gasteiger partial charge in [0.15, 0.2) is 0 Å². The zero-order valence-electron chi connectivity index (χ0n) is 12.7. The number of carbonyl (C=O) groups is 2. The monoisotopic (exact) mass is 298 g/mol. The van der Waals surface area contributed by atoms with Gasteiger partial charge in [-0.25, -0.2) is 0 Å². The third-order valence-corrected chi connectivity index (χ3v) is 3.93. The molecule has 2 amide bonds. The van der Waals surface area contributed by atoms with Gasteiger partial charge < -0.3 is 14.2 Å². The summed E-state index contributed by atoms with van der Waals surface area (Å²) in [6.45, 7) is 2.65. The fourth-order valence-corrected chi connectivity index (χ4v) is 2.77. The van der Waals surface area contributed by atoms with Crippen LogP contribution in [0.5, 0.6) is 0 Å². The predicted molar refractivity (Wildman–Crippen MR) is 82.7 cm³/mol. The lowest BCUT2D eigenvalue weighted by atomic mass is 10.1. The van der Waals surface area contributed by atoms with E-state index in [0.717, 1.165) is 23.4 Å². The Morgan fingerprint density at radius 2 is 2.14 bits per heavy atom. The van der Waals surface area contributed by atoms with Crippen molar-refractivity contribution in [3.8, 4) is 0 Å². The first kappa shape index (κ1) is 14.4. The number of fused-ring (bicyclic) bond motifs is 1. The van der Waals surface area contributed by atoms with Gasteiger partial charge in [0.25, 0.3) is 5.91 Å². The number of anilines is 1. The number of nitrogens with zero attached hydrogens (tertiary/aromatic N) is 2. The summed E-state index contributed by atoms with van der Waals surface area (Å²) in [4.78, 5) is 27.5. The highest BCUT2D eigenvalue weighted by Gasteiger charge is 2.24. The third kappa shape index (κ3) is 2.62. The van der Waals surface area contributed by atoms with Crippen molar-refractivity contribution in [1.82, 2.24) is 4.90 Å². The minimum atomic E-state index is -0.0883. The standard InChI is InChI=1S/C17H18N2O3/c1-12(20)19-8-7-13-5-6-14(10-16(13)19)17(21)18(2)11-15-4-3-9-22-15/h3-6,9-10H,7-8,11H2,1-2H3. The molecule has 5 nitrogen and oxygen atoms in total. The topological polar surface area (TPSA) is 53.8 Å². The van der Waals surface area contributed by atoms with E-state index in [1.165, 1.54) is 0 Å². The first-order valence-electron chi connectivity index (χ1n) is 7.25. The second kappa shape index (κ2) is 5.67. The Kier molecular flexibility index (Phi) is 3.71. The van der Waals surface area contributed by atoms with Gasteiger partial charge in [0.2, 0.25) is 5.91 Å². The Morgan fingerprint density at radius 1 is 1.32 bits per heavy atom. The largest absolute Gasteiger partial charge is 0.467 e. The maximum Gasteiger partial charge on any atom is 0.254 e. The zero-order chi connectivity index (χ0) is 15.7. The van der Waals surface area contributed by atoms with E-state index in [1.54, 1.807) is 36.1 Å². The summed E-state index contributed by atoms with van der Waals surface area (Å²) in [6.07, 6.45) is 2.43. The molecule has 1 aliphatic rings. The van der Waals surface area contributed by atoms with Crippen molar-refractivity contribution < 1.29 is 14.0 Å². The molecular weight excluding hydrogens is 280 g/mol. The predicted octanol–water partition coefficient (Wildman–Crippen LogP) is 2.46. The fourth-order valence-electron chi connectivity index (χ4n) is 2.77. The van der Waals surface area contributed by atoms with Crippen LogP contribution in [-0.2, 0) is 17.8 Å². The molecule has 0 bridgehead atoms. The number of furan rings is 1. The van der Waals surface area contributed by atoms with E-state index in [9.17, 15) is 9.59 Å². The Bertz CT molecular complexity index is 707. The van der Waals surface area contributed by atoms with Crippen LogP contribution in [0.15, 0.2) is 41.0 Å². The van der Waals surface area contributed by atoms with E-state index < -0.39 is 0 Å². The van der Waals surface area contributed by atoms with Gasteiger partial charge in [-0.2, -0.15) is 0 Å². The summed E-state index contributed by atoms with van der Waals surface area (Å²) in [7, 11) is 1.74. The van der Waals surface area contributed by atoms with Crippen molar-refractivity contribution in [2.45, 2.75) is 19.9 Å². The highest BCUT2D eigenvalue weighted by molar-refractivity contribution is 5.98. The molecule has 2 aromatic rings. The van der Waals surface area contributed by atoms with Gasteiger partial charge in [-0.3, -0.25) is 9.59 Å².